The van der Waals surface area contributed by atoms with E-state index in [1.807, 2.05) is 0 Å². The molecule has 0 aromatic heterocycles. The van der Waals surface area contributed by atoms with Gasteiger partial charge in [-0.1, -0.05) is 0 Å². The first-order chi connectivity index (χ1) is 9.83. The summed E-state index contributed by atoms with van der Waals surface area (Å²) in [5, 5.41) is 11.4. The number of rotatable bonds is 5. The van der Waals surface area contributed by atoms with Crippen LogP contribution in [0.25, 0.3) is 0 Å². The average molecular weight is 311 g/mol. The normalized spacial score (nSPS) is 16.0. The molecule has 0 spiro atoms. The number of halogens is 1. The van der Waals surface area contributed by atoms with Gasteiger partial charge in [0, 0.05) is 6.04 Å². The molecule has 1 saturated carbocycles. The van der Waals surface area contributed by atoms with Crippen LogP contribution in [0.1, 0.15) is 25.3 Å². The summed E-state index contributed by atoms with van der Waals surface area (Å²) in [5.41, 5.74) is -0.368. The number of carbonyl (C=O) groups is 1. The third kappa shape index (κ3) is 3.77. The summed E-state index contributed by atoms with van der Waals surface area (Å²) < 4.78 is 39.6. The summed E-state index contributed by atoms with van der Waals surface area (Å²) in [6, 6.07) is 3.63. The molecule has 112 valence electrons. The maximum atomic E-state index is 13.2. The number of amides is 1. The Balaban J connectivity index is 2.14. The lowest BCUT2D eigenvalue weighted by Gasteiger charge is -2.14. The van der Waals surface area contributed by atoms with Crippen LogP contribution >= 0.6 is 0 Å². The second kappa shape index (κ2) is 5.79. The molecule has 1 unspecified atom stereocenters. The minimum atomic E-state index is -4.00. The van der Waals surface area contributed by atoms with Crippen molar-refractivity contribution in [3.05, 3.63) is 29.6 Å². The van der Waals surface area contributed by atoms with Crippen LogP contribution in [0, 0.1) is 17.1 Å². The molecule has 1 aliphatic rings. The lowest BCUT2D eigenvalue weighted by atomic mass is 10.2. The van der Waals surface area contributed by atoms with E-state index in [0.29, 0.717) is 0 Å². The van der Waals surface area contributed by atoms with Crippen molar-refractivity contribution < 1.29 is 17.6 Å². The second-order valence-corrected chi connectivity index (χ2v) is 6.59. The Morgan fingerprint density at radius 1 is 1.48 bits per heavy atom. The van der Waals surface area contributed by atoms with Crippen LogP contribution in [-0.2, 0) is 14.8 Å². The average Bonchev–Trinajstić information content (AvgIpc) is 3.22. The second-order valence-electron chi connectivity index (χ2n) is 4.88. The molecule has 1 aromatic carbocycles. The molecule has 1 fully saturated rings. The van der Waals surface area contributed by atoms with E-state index in [0.717, 1.165) is 31.0 Å². The Hall–Kier alpha value is -1.98. The van der Waals surface area contributed by atoms with Crippen LogP contribution in [-0.4, -0.2) is 26.4 Å². The van der Waals surface area contributed by atoms with Gasteiger partial charge in [0.25, 0.3) is 0 Å². The van der Waals surface area contributed by atoms with Crippen LogP contribution in [0.5, 0.6) is 0 Å². The van der Waals surface area contributed by atoms with Crippen molar-refractivity contribution in [2.45, 2.75) is 36.7 Å². The van der Waals surface area contributed by atoms with Crippen LogP contribution in [0.4, 0.5) is 4.39 Å². The summed E-state index contributed by atoms with van der Waals surface area (Å²) in [6.45, 7) is 1.42. The molecule has 2 rings (SSSR count). The van der Waals surface area contributed by atoms with E-state index in [4.69, 9.17) is 5.26 Å². The fourth-order valence-electron chi connectivity index (χ4n) is 1.67. The number of benzene rings is 1. The van der Waals surface area contributed by atoms with Crippen molar-refractivity contribution in [3.8, 4) is 6.07 Å². The van der Waals surface area contributed by atoms with Crippen molar-refractivity contribution >= 4 is 15.9 Å². The monoisotopic (exact) mass is 311 g/mol. The van der Waals surface area contributed by atoms with E-state index in [1.165, 1.54) is 6.92 Å². The Bertz CT molecular complexity index is 708. The van der Waals surface area contributed by atoms with Gasteiger partial charge >= 0.3 is 0 Å². The van der Waals surface area contributed by atoms with Gasteiger partial charge in [0.2, 0.25) is 15.9 Å². The van der Waals surface area contributed by atoms with Gasteiger partial charge in [-0.25, -0.2) is 12.8 Å². The fourth-order valence-corrected chi connectivity index (χ4v) is 2.89. The molecule has 1 aromatic rings. The van der Waals surface area contributed by atoms with Crippen molar-refractivity contribution in [3.63, 3.8) is 0 Å². The highest BCUT2D eigenvalue weighted by atomic mass is 32.2. The number of nitriles is 1. The Morgan fingerprint density at radius 2 is 2.14 bits per heavy atom. The molecule has 1 aliphatic carbocycles. The van der Waals surface area contributed by atoms with E-state index in [9.17, 15) is 17.6 Å². The number of nitrogens with one attached hydrogen (secondary N) is 2. The van der Waals surface area contributed by atoms with Gasteiger partial charge in [-0.3, -0.25) is 4.79 Å². The highest BCUT2D eigenvalue weighted by Gasteiger charge is 2.28. The first kappa shape index (κ1) is 15.4. The molecule has 0 heterocycles. The molecule has 0 radical (unpaired) electrons. The van der Waals surface area contributed by atoms with Crippen LogP contribution in [0.15, 0.2) is 23.1 Å². The summed E-state index contributed by atoms with van der Waals surface area (Å²) in [5.74, 6) is -1.21. The Labute approximate surface area is 122 Å². The number of sulfonamides is 1. The van der Waals surface area contributed by atoms with E-state index < -0.39 is 27.8 Å². The first-order valence-corrected chi connectivity index (χ1v) is 7.84. The molecular weight excluding hydrogens is 297 g/mol. The minimum absolute atomic E-state index is 0.125. The highest BCUT2D eigenvalue weighted by Crippen LogP contribution is 2.19. The maximum absolute atomic E-state index is 13.2. The highest BCUT2D eigenvalue weighted by molar-refractivity contribution is 7.89. The fraction of sp³-hybridized carbons (Fsp3) is 0.385. The van der Waals surface area contributed by atoms with Crippen molar-refractivity contribution in [2.24, 2.45) is 0 Å². The van der Waals surface area contributed by atoms with Crippen LogP contribution in [0.2, 0.25) is 0 Å². The Morgan fingerprint density at radius 3 is 2.71 bits per heavy atom. The van der Waals surface area contributed by atoms with Gasteiger partial charge in [0.05, 0.1) is 16.5 Å². The first-order valence-electron chi connectivity index (χ1n) is 6.36. The van der Waals surface area contributed by atoms with Gasteiger partial charge in [0.1, 0.15) is 11.9 Å². The van der Waals surface area contributed by atoms with Crippen LogP contribution < -0.4 is 10.0 Å². The minimum Gasteiger partial charge on any atom is -0.352 e. The van der Waals surface area contributed by atoms with Crippen molar-refractivity contribution in [2.75, 3.05) is 0 Å². The molecule has 2 N–H and O–H groups in total. The third-order valence-electron chi connectivity index (χ3n) is 3.02. The zero-order valence-corrected chi connectivity index (χ0v) is 12.1. The molecule has 1 amide bonds. The van der Waals surface area contributed by atoms with Gasteiger partial charge in [0.15, 0.2) is 0 Å². The lowest BCUT2D eigenvalue weighted by Crippen LogP contribution is -2.45. The molecule has 8 heteroatoms. The molecule has 0 aliphatic heterocycles. The predicted octanol–water partition coefficient (Wildman–Crippen LogP) is 0.643. The van der Waals surface area contributed by atoms with E-state index in [2.05, 4.69) is 10.0 Å². The number of hydrogen-bond acceptors (Lipinski definition) is 4. The Kier molecular flexibility index (Phi) is 4.25. The number of carbonyl (C=O) groups excluding carboxylic acids is 1. The zero-order valence-electron chi connectivity index (χ0n) is 11.3. The van der Waals surface area contributed by atoms with Gasteiger partial charge < -0.3 is 5.32 Å². The smallest absolute Gasteiger partial charge is 0.241 e. The topological polar surface area (TPSA) is 99.1 Å². The number of hydrogen-bond donors (Lipinski definition) is 2. The van der Waals surface area contributed by atoms with Crippen molar-refractivity contribution in [1.82, 2.24) is 10.0 Å². The standard InChI is InChI=1S/C13H14FN3O3S/c1-8(13(18)16-10-2-3-10)17-21(19,20)11-4-5-12(14)9(6-11)7-15/h4-6,8,10,17H,2-3H2,1H3,(H,16,18). The summed E-state index contributed by atoms with van der Waals surface area (Å²) in [4.78, 5) is 11.5. The SMILES string of the molecule is CC(NS(=O)(=O)c1ccc(F)c(C#N)c1)C(=O)NC1CC1. The quantitative estimate of drug-likeness (QED) is 0.833. The van der Waals surface area contributed by atoms with E-state index >= 15 is 0 Å². The molecule has 0 saturated heterocycles. The predicted molar refractivity (Wildman–Crippen MR) is 72.1 cm³/mol. The summed E-state index contributed by atoms with van der Waals surface area (Å²) >= 11 is 0. The summed E-state index contributed by atoms with van der Waals surface area (Å²) in [6.07, 6.45) is 1.80. The van der Waals surface area contributed by atoms with Gasteiger partial charge in [-0.15, -0.1) is 0 Å². The summed E-state index contributed by atoms with van der Waals surface area (Å²) in [7, 11) is -4.00. The zero-order chi connectivity index (χ0) is 15.6. The van der Waals surface area contributed by atoms with E-state index in [-0.39, 0.29) is 16.5 Å². The lowest BCUT2D eigenvalue weighted by molar-refractivity contribution is -0.122. The molecule has 21 heavy (non-hydrogen) atoms. The van der Waals surface area contributed by atoms with E-state index in [1.54, 1.807) is 6.07 Å². The number of nitrogens with zero attached hydrogens (tertiary/aromatic N) is 1. The molecular formula is C13H14FN3O3S. The maximum Gasteiger partial charge on any atom is 0.241 e. The molecule has 6 nitrogen and oxygen atoms in total. The van der Waals surface area contributed by atoms with Crippen LogP contribution in [0.3, 0.4) is 0 Å². The third-order valence-corrected chi connectivity index (χ3v) is 4.56. The molecule has 0 bridgehead atoms. The van der Waals surface area contributed by atoms with Gasteiger partial charge in [-0.2, -0.15) is 9.98 Å². The van der Waals surface area contributed by atoms with Crippen molar-refractivity contribution in [1.29, 1.82) is 5.26 Å². The molecule has 1 atom stereocenters. The van der Waals surface area contributed by atoms with Gasteiger partial charge in [-0.05, 0) is 38.0 Å². The largest absolute Gasteiger partial charge is 0.352 e.